The van der Waals surface area contributed by atoms with Crippen molar-refractivity contribution in [3.8, 4) is 0 Å². The van der Waals surface area contributed by atoms with Crippen LogP contribution in [0.4, 0.5) is 0 Å². The Morgan fingerprint density at radius 1 is 0.750 bits per heavy atom. The van der Waals surface area contributed by atoms with Crippen LogP contribution in [0.3, 0.4) is 0 Å². The first-order valence-electron chi connectivity index (χ1n) is 5.27. The molecule has 0 unspecified atom stereocenters. The molecule has 0 aromatic rings. The smallest absolute Gasteiger partial charge is 0.329 e. The largest absolute Gasteiger partial charge is 0.466 e. The summed E-state index contributed by atoms with van der Waals surface area (Å²) in [5, 5.41) is 1.19. The molecule has 0 fully saturated rings. The summed E-state index contributed by atoms with van der Waals surface area (Å²) >= 11 is 0. The van der Waals surface area contributed by atoms with Crippen molar-refractivity contribution in [1.29, 1.82) is 0 Å². The normalized spacial score (nSPS) is 12.5. The number of methoxy groups -OCH3 is 2. The van der Waals surface area contributed by atoms with E-state index in [1.54, 1.807) is 0 Å². The average molecular weight is 260 g/mol. The summed E-state index contributed by atoms with van der Waals surface area (Å²) in [5.74, 6) is -0.744. The Balaban J connectivity index is 5.63. The van der Waals surface area contributed by atoms with E-state index in [9.17, 15) is 9.59 Å². The van der Waals surface area contributed by atoms with E-state index >= 15 is 0 Å². The monoisotopic (exact) mass is 260 g/mol. The molecule has 0 aliphatic heterocycles. The van der Waals surface area contributed by atoms with Crippen molar-refractivity contribution >= 4 is 29.5 Å². The van der Waals surface area contributed by atoms with Crippen LogP contribution in [0.25, 0.3) is 0 Å². The van der Waals surface area contributed by atoms with Crippen LogP contribution in [0.15, 0.2) is 10.4 Å². The number of hydrogen-bond acceptors (Lipinski definition) is 4. The minimum Gasteiger partial charge on any atom is -0.466 e. The highest BCUT2D eigenvalue weighted by molar-refractivity contribution is 6.78. The summed E-state index contributed by atoms with van der Waals surface area (Å²) in [5.41, 5.74) is 0. The van der Waals surface area contributed by atoms with Gasteiger partial charge in [0.1, 0.15) is 0 Å². The third kappa shape index (κ3) is 3.60. The molecule has 0 aromatic carbocycles. The van der Waals surface area contributed by atoms with Gasteiger partial charge in [0.2, 0.25) is 0 Å². The average Bonchev–Trinajstić information content (AvgIpc) is 2.22. The predicted octanol–water partition coefficient (Wildman–Crippen LogP) is 0.681. The molecule has 0 atom stereocenters. The van der Waals surface area contributed by atoms with Gasteiger partial charge in [-0.1, -0.05) is 26.2 Å². The second-order valence-electron chi connectivity index (χ2n) is 4.12. The lowest BCUT2D eigenvalue weighted by Crippen LogP contribution is -2.29. The second kappa shape index (κ2) is 6.64. The van der Waals surface area contributed by atoms with Gasteiger partial charge in [-0.05, 0) is 0 Å². The van der Waals surface area contributed by atoms with Gasteiger partial charge in [-0.3, -0.25) is 0 Å². The fourth-order valence-electron chi connectivity index (χ4n) is 1.53. The van der Waals surface area contributed by atoms with Crippen molar-refractivity contribution in [2.24, 2.45) is 0 Å². The van der Waals surface area contributed by atoms with E-state index in [1.165, 1.54) is 14.2 Å². The highest BCUT2D eigenvalue weighted by atomic mass is 28.3. The zero-order valence-corrected chi connectivity index (χ0v) is 13.1. The van der Waals surface area contributed by atoms with Crippen molar-refractivity contribution < 1.29 is 19.1 Å². The SMILES string of the molecule is COC(=O)C(=C(C(=O)OC)[SiH](C)C)[SiH](C)C. The lowest BCUT2D eigenvalue weighted by Gasteiger charge is -2.16. The van der Waals surface area contributed by atoms with Gasteiger partial charge >= 0.3 is 11.9 Å². The molecule has 6 heteroatoms. The van der Waals surface area contributed by atoms with Crippen LogP contribution in [0.1, 0.15) is 0 Å². The van der Waals surface area contributed by atoms with E-state index in [-0.39, 0.29) is 11.9 Å². The maximum atomic E-state index is 11.7. The van der Waals surface area contributed by atoms with E-state index < -0.39 is 17.6 Å². The molecule has 16 heavy (non-hydrogen) atoms. The van der Waals surface area contributed by atoms with Gasteiger partial charge in [0.15, 0.2) is 0 Å². The first-order chi connectivity index (χ1) is 7.36. The van der Waals surface area contributed by atoms with Crippen LogP contribution in [0, 0.1) is 0 Å². The number of rotatable bonds is 4. The molecule has 0 saturated carbocycles. The number of esters is 2. The Morgan fingerprint density at radius 3 is 1.12 bits per heavy atom. The number of carbonyl (C=O) groups is 2. The molecule has 0 N–H and O–H groups in total. The van der Waals surface area contributed by atoms with Gasteiger partial charge in [-0.25, -0.2) is 9.59 Å². The maximum Gasteiger partial charge on any atom is 0.329 e. The summed E-state index contributed by atoms with van der Waals surface area (Å²) in [6.45, 7) is 8.02. The fraction of sp³-hybridized carbons (Fsp3) is 0.600. The topological polar surface area (TPSA) is 52.6 Å². The van der Waals surface area contributed by atoms with Crippen LogP contribution >= 0.6 is 0 Å². The molecule has 0 aromatic heterocycles. The Morgan fingerprint density at radius 2 is 1.00 bits per heavy atom. The van der Waals surface area contributed by atoms with E-state index in [0.29, 0.717) is 10.4 Å². The molecule has 0 spiro atoms. The number of ether oxygens (including phenoxy) is 2. The highest BCUT2D eigenvalue weighted by Gasteiger charge is 2.27. The van der Waals surface area contributed by atoms with Crippen molar-refractivity contribution in [3.05, 3.63) is 10.4 Å². The fourth-order valence-corrected chi connectivity index (χ4v) is 6.19. The number of hydrogen-bond donors (Lipinski definition) is 0. The molecule has 0 radical (unpaired) electrons. The lowest BCUT2D eigenvalue weighted by atomic mass is 10.5. The molecule has 0 rings (SSSR count). The van der Waals surface area contributed by atoms with Crippen molar-refractivity contribution in [2.75, 3.05) is 14.2 Å². The van der Waals surface area contributed by atoms with E-state index in [1.807, 2.05) is 26.2 Å². The Hall–Kier alpha value is -0.886. The Kier molecular flexibility index (Phi) is 6.28. The van der Waals surface area contributed by atoms with Crippen LogP contribution in [-0.2, 0) is 19.1 Å². The minimum atomic E-state index is -1.41. The van der Waals surface area contributed by atoms with Crippen LogP contribution in [0.2, 0.25) is 26.2 Å². The summed E-state index contributed by atoms with van der Waals surface area (Å²) in [6, 6.07) is 0. The Bertz CT molecular complexity index is 278. The number of carbonyl (C=O) groups excluding carboxylic acids is 2. The molecule has 0 saturated heterocycles. The predicted molar refractivity (Wildman–Crippen MR) is 68.8 cm³/mol. The van der Waals surface area contributed by atoms with Crippen molar-refractivity contribution in [3.63, 3.8) is 0 Å². The van der Waals surface area contributed by atoms with Crippen LogP contribution in [-0.4, -0.2) is 43.8 Å². The molecule has 0 amide bonds. The molecule has 92 valence electrons. The van der Waals surface area contributed by atoms with Crippen molar-refractivity contribution in [1.82, 2.24) is 0 Å². The van der Waals surface area contributed by atoms with Gasteiger partial charge < -0.3 is 9.47 Å². The van der Waals surface area contributed by atoms with Crippen LogP contribution < -0.4 is 0 Å². The van der Waals surface area contributed by atoms with E-state index in [2.05, 4.69) is 0 Å². The lowest BCUT2D eigenvalue weighted by molar-refractivity contribution is -0.138. The maximum absolute atomic E-state index is 11.7. The van der Waals surface area contributed by atoms with Gasteiger partial charge in [0, 0.05) is 10.4 Å². The first kappa shape index (κ1) is 15.1. The van der Waals surface area contributed by atoms with E-state index in [4.69, 9.17) is 9.47 Å². The first-order valence-corrected chi connectivity index (χ1v) is 11.0. The van der Waals surface area contributed by atoms with Gasteiger partial charge in [-0.15, -0.1) is 0 Å². The third-order valence-electron chi connectivity index (χ3n) is 2.26. The third-order valence-corrected chi connectivity index (χ3v) is 5.99. The summed E-state index contributed by atoms with van der Waals surface area (Å²) in [6.07, 6.45) is 0. The second-order valence-corrected chi connectivity index (χ2v) is 9.89. The quantitative estimate of drug-likeness (QED) is 0.424. The van der Waals surface area contributed by atoms with Crippen molar-refractivity contribution in [2.45, 2.75) is 26.2 Å². The van der Waals surface area contributed by atoms with Crippen LogP contribution in [0.5, 0.6) is 0 Å². The molecular weight excluding hydrogens is 240 g/mol. The summed E-state index contributed by atoms with van der Waals surface area (Å²) in [7, 11) is -0.126. The standard InChI is InChI=1S/C10H20O4Si2/c1-13-9(11)7(15(3)4)8(16(5)6)10(12)14-2/h15-16H,1-6H3. The molecular formula is C10H20O4Si2. The zero-order valence-electron chi connectivity index (χ0n) is 10.8. The van der Waals surface area contributed by atoms with Gasteiger partial charge in [0.05, 0.1) is 31.8 Å². The molecule has 0 aliphatic rings. The molecule has 0 aliphatic carbocycles. The molecule has 0 heterocycles. The molecule has 4 nitrogen and oxygen atoms in total. The summed E-state index contributed by atoms with van der Waals surface area (Å²) in [4.78, 5) is 23.4. The Labute approximate surface area is 99.8 Å². The summed E-state index contributed by atoms with van der Waals surface area (Å²) < 4.78 is 9.50. The minimum absolute atomic E-state index is 0.372. The van der Waals surface area contributed by atoms with Gasteiger partial charge in [0.25, 0.3) is 0 Å². The zero-order chi connectivity index (χ0) is 12.9. The highest BCUT2D eigenvalue weighted by Crippen LogP contribution is 2.15. The van der Waals surface area contributed by atoms with Gasteiger partial charge in [-0.2, -0.15) is 0 Å². The molecule has 0 bridgehead atoms. The van der Waals surface area contributed by atoms with E-state index in [0.717, 1.165) is 0 Å².